The number of nitrogens with one attached hydrogen (secondary N) is 1. The zero-order chi connectivity index (χ0) is 14.5. The molecule has 1 atom stereocenters. The average Bonchev–Trinajstić information content (AvgIpc) is 2.48. The molecule has 1 heterocycles. The molecule has 2 rings (SSSR count). The lowest BCUT2D eigenvalue weighted by molar-refractivity contribution is -0.136. The topological polar surface area (TPSA) is 41.6 Å². The quantitative estimate of drug-likeness (QED) is 0.907. The molecule has 6 heteroatoms. The Bertz CT molecular complexity index is 478. The molecular weight excluding hydrogens is 327 g/mol. The van der Waals surface area contributed by atoms with E-state index >= 15 is 0 Å². The van der Waals surface area contributed by atoms with Gasteiger partial charge in [-0.05, 0) is 25.1 Å². The molecule has 0 bridgehead atoms. The number of nitrogens with zero attached hydrogens (tertiary/aromatic N) is 1. The molecule has 0 saturated carbocycles. The van der Waals surface area contributed by atoms with Gasteiger partial charge in [0.05, 0.1) is 13.2 Å². The summed E-state index contributed by atoms with van der Waals surface area (Å²) < 4.78 is 19.9. The minimum Gasteiger partial charge on any atom is -0.378 e. The summed E-state index contributed by atoms with van der Waals surface area (Å²) in [4.78, 5) is 14.0. The van der Waals surface area contributed by atoms with Gasteiger partial charge >= 0.3 is 0 Å². The number of hydrogen-bond donors (Lipinski definition) is 1. The summed E-state index contributed by atoms with van der Waals surface area (Å²) in [6, 6.07) is 4.42. The van der Waals surface area contributed by atoms with Crippen molar-refractivity contribution >= 4 is 21.8 Å². The van der Waals surface area contributed by atoms with Crippen molar-refractivity contribution in [3.05, 3.63) is 34.1 Å². The highest BCUT2D eigenvalue weighted by Crippen LogP contribution is 2.17. The van der Waals surface area contributed by atoms with Crippen LogP contribution in [0.4, 0.5) is 4.39 Å². The minimum atomic E-state index is -0.334. The van der Waals surface area contributed by atoms with Crippen molar-refractivity contribution in [3.8, 4) is 0 Å². The second-order valence-corrected chi connectivity index (χ2v) is 5.59. The number of hydrogen-bond acceptors (Lipinski definition) is 3. The molecule has 1 saturated heterocycles. The van der Waals surface area contributed by atoms with Crippen LogP contribution in [-0.4, -0.2) is 43.2 Å². The van der Waals surface area contributed by atoms with E-state index < -0.39 is 0 Å². The maximum absolute atomic E-state index is 13.8. The van der Waals surface area contributed by atoms with Gasteiger partial charge in [-0.1, -0.05) is 15.9 Å². The van der Waals surface area contributed by atoms with Crippen LogP contribution < -0.4 is 5.32 Å². The van der Waals surface area contributed by atoms with Crippen LogP contribution in [-0.2, 0) is 16.1 Å². The Morgan fingerprint density at radius 1 is 1.60 bits per heavy atom. The van der Waals surface area contributed by atoms with E-state index in [1.165, 1.54) is 6.07 Å². The first kappa shape index (κ1) is 15.4. The first-order chi connectivity index (χ1) is 9.61. The summed E-state index contributed by atoms with van der Waals surface area (Å²) in [6.07, 6.45) is 0. The number of likely N-dealkylation sites (N-methyl/N-ethyl adjacent to an activating group) is 1. The van der Waals surface area contributed by atoms with E-state index in [1.807, 2.05) is 6.92 Å². The van der Waals surface area contributed by atoms with Gasteiger partial charge < -0.3 is 15.0 Å². The largest absolute Gasteiger partial charge is 0.378 e. The molecule has 1 amide bonds. The van der Waals surface area contributed by atoms with E-state index in [-0.39, 0.29) is 24.3 Å². The monoisotopic (exact) mass is 344 g/mol. The maximum Gasteiger partial charge on any atom is 0.242 e. The number of halogens is 2. The van der Waals surface area contributed by atoms with Crippen LogP contribution in [0.25, 0.3) is 0 Å². The minimum absolute atomic E-state index is 0.0495. The van der Waals surface area contributed by atoms with Gasteiger partial charge in [-0.3, -0.25) is 4.79 Å². The first-order valence-corrected chi connectivity index (χ1v) is 7.45. The molecule has 0 aromatic heterocycles. The molecule has 1 fully saturated rings. The van der Waals surface area contributed by atoms with Crippen molar-refractivity contribution in [2.75, 3.05) is 26.3 Å². The SMILES string of the molecule is CCN(Cc1cc(Br)ccc1F)C(=O)C1COCCN1. The van der Waals surface area contributed by atoms with Crippen molar-refractivity contribution < 1.29 is 13.9 Å². The predicted octanol–water partition coefficient (Wildman–Crippen LogP) is 1.93. The molecule has 1 aromatic carbocycles. The van der Waals surface area contributed by atoms with Crippen LogP contribution in [0.1, 0.15) is 12.5 Å². The lowest BCUT2D eigenvalue weighted by atomic mass is 10.1. The summed E-state index contributed by atoms with van der Waals surface area (Å²) in [5.74, 6) is -0.348. The van der Waals surface area contributed by atoms with Crippen LogP contribution in [0, 0.1) is 5.82 Å². The second-order valence-electron chi connectivity index (χ2n) is 4.67. The van der Waals surface area contributed by atoms with Crippen molar-refractivity contribution in [3.63, 3.8) is 0 Å². The highest BCUT2D eigenvalue weighted by molar-refractivity contribution is 9.10. The fourth-order valence-corrected chi connectivity index (χ4v) is 2.57. The van der Waals surface area contributed by atoms with Crippen molar-refractivity contribution in [1.82, 2.24) is 10.2 Å². The number of rotatable bonds is 4. The molecule has 0 spiro atoms. The van der Waals surface area contributed by atoms with E-state index in [9.17, 15) is 9.18 Å². The van der Waals surface area contributed by atoms with Crippen LogP contribution in [0.3, 0.4) is 0 Å². The Morgan fingerprint density at radius 3 is 3.05 bits per heavy atom. The summed E-state index contributed by atoms with van der Waals surface area (Å²) >= 11 is 3.32. The van der Waals surface area contributed by atoms with Crippen molar-refractivity contribution in [2.24, 2.45) is 0 Å². The fourth-order valence-electron chi connectivity index (χ4n) is 2.16. The van der Waals surface area contributed by atoms with Gasteiger partial charge in [-0.2, -0.15) is 0 Å². The number of morpholine rings is 1. The number of amides is 1. The molecule has 20 heavy (non-hydrogen) atoms. The van der Waals surface area contributed by atoms with Crippen LogP contribution in [0.5, 0.6) is 0 Å². The van der Waals surface area contributed by atoms with Crippen molar-refractivity contribution in [1.29, 1.82) is 0 Å². The fraction of sp³-hybridized carbons (Fsp3) is 0.500. The van der Waals surface area contributed by atoms with Gasteiger partial charge in [-0.25, -0.2) is 4.39 Å². The number of carbonyl (C=O) groups is 1. The molecule has 110 valence electrons. The Labute approximate surface area is 126 Å². The third-order valence-electron chi connectivity index (χ3n) is 3.28. The summed E-state index contributed by atoms with van der Waals surface area (Å²) in [7, 11) is 0. The zero-order valence-electron chi connectivity index (χ0n) is 11.4. The Balaban J connectivity index is 2.07. The smallest absolute Gasteiger partial charge is 0.242 e. The predicted molar refractivity (Wildman–Crippen MR) is 77.8 cm³/mol. The van der Waals surface area contributed by atoms with E-state index in [0.717, 1.165) is 4.47 Å². The molecule has 1 aliphatic rings. The molecule has 0 aliphatic carbocycles. The third kappa shape index (κ3) is 3.77. The molecule has 1 unspecified atom stereocenters. The summed E-state index contributed by atoms with van der Waals surface area (Å²) in [5, 5.41) is 3.13. The summed E-state index contributed by atoms with van der Waals surface area (Å²) in [6.45, 7) is 4.34. The van der Waals surface area contributed by atoms with E-state index in [1.54, 1.807) is 17.0 Å². The molecular formula is C14H18BrFN2O2. The molecule has 1 aliphatic heterocycles. The molecule has 1 aromatic rings. The van der Waals surface area contributed by atoms with Gasteiger partial charge in [0.1, 0.15) is 11.9 Å². The molecule has 0 radical (unpaired) electrons. The Morgan fingerprint density at radius 2 is 2.40 bits per heavy atom. The average molecular weight is 345 g/mol. The Kier molecular flexibility index (Phi) is 5.51. The van der Waals surface area contributed by atoms with Gasteiger partial charge in [0, 0.05) is 29.7 Å². The lowest BCUT2D eigenvalue weighted by Gasteiger charge is -2.29. The first-order valence-electron chi connectivity index (χ1n) is 6.65. The van der Waals surface area contributed by atoms with Gasteiger partial charge in [0.2, 0.25) is 5.91 Å². The lowest BCUT2D eigenvalue weighted by Crippen LogP contribution is -2.52. The van der Waals surface area contributed by atoms with Crippen LogP contribution in [0.2, 0.25) is 0 Å². The highest BCUT2D eigenvalue weighted by Gasteiger charge is 2.26. The number of benzene rings is 1. The van der Waals surface area contributed by atoms with Gasteiger partial charge in [0.15, 0.2) is 0 Å². The van der Waals surface area contributed by atoms with Crippen molar-refractivity contribution in [2.45, 2.75) is 19.5 Å². The van der Waals surface area contributed by atoms with Gasteiger partial charge in [0.25, 0.3) is 0 Å². The maximum atomic E-state index is 13.8. The normalized spacial score (nSPS) is 18.9. The van der Waals surface area contributed by atoms with E-state index in [4.69, 9.17) is 4.74 Å². The van der Waals surface area contributed by atoms with Crippen LogP contribution >= 0.6 is 15.9 Å². The van der Waals surface area contributed by atoms with Crippen LogP contribution in [0.15, 0.2) is 22.7 Å². The molecule has 1 N–H and O–H groups in total. The standard InChI is InChI=1S/C14H18BrFN2O2/c1-2-18(14(19)13-9-20-6-5-17-13)8-10-7-11(15)3-4-12(10)16/h3-4,7,13,17H,2,5-6,8-9H2,1H3. The zero-order valence-corrected chi connectivity index (χ0v) is 13.0. The number of carbonyl (C=O) groups excluding carboxylic acids is 1. The summed E-state index contributed by atoms with van der Waals surface area (Å²) in [5.41, 5.74) is 0.506. The molecule has 4 nitrogen and oxygen atoms in total. The second kappa shape index (κ2) is 7.15. The third-order valence-corrected chi connectivity index (χ3v) is 3.78. The van der Waals surface area contributed by atoms with Gasteiger partial charge in [-0.15, -0.1) is 0 Å². The van der Waals surface area contributed by atoms with E-state index in [2.05, 4.69) is 21.2 Å². The highest BCUT2D eigenvalue weighted by atomic mass is 79.9. The number of ether oxygens (including phenoxy) is 1. The van der Waals surface area contributed by atoms with E-state index in [0.29, 0.717) is 31.9 Å². The Hall–Kier alpha value is -0.980.